The third-order valence-corrected chi connectivity index (χ3v) is 5.80. The Hall–Kier alpha value is -2.30. The van der Waals surface area contributed by atoms with Crippen LogP contribution in [-0.4, -0.2) is 15.6 Å². The number of anilines is 2. The Bertz CT molecular complexity index is 1070. The van der Waals surface area contributed by atoms with E-state index in [-0.39, 0.29) is 11.2 Å². The Morgan fingerprint density at radius 1 is 1.07 bits per heavy atom. The van der Waals surface area contributed by atoms with E-state index in [9.17, 15) is 4.79 Å². The molecule has 4 nitrogen and oxygen atoms in total. The molecule has 6 heteroatoms. The molecule has 0 atom stereocenters. The molecule has 144 valence electrons. The molecule has 2 aromatic carbocycles. The second-order valence-corrected chi connectivity index (χ2v) is 8.88. The predicted molar refractivity (Wildman–Crippen MR) is 114 cm³/mol. The van der Waals surface area contributed by atoms with Crippen molar-refractivity contribution < 1.29 is 4.79 Å². The van der Waals surface area contributed by atoms with Gasteiger partial charge in [0.05, 0.1) is 16.9 Å². The van der Waals surface area contributed by atoms with Gasteiger partial charge >= 0.3 is 0 Å². The summed E-state index contributed by atoms with van der Waals surface area (Å²) in [4.78, 5) is 13.0. The predicted octanol–water partition coefficient (Wildman–Crippen LogP) is 6.39. The van der Waals surface area contributed by atoms with E-state index in [1.807, 2.05) is 54.1 Å². The molecular formula is C22H21Cl2N3O. The van der Waals surface area contributed by atoms with E-state index >= 15 is 0 Å². The molecule has 28 heavy (non-hydrogen) atoms. The molecule has 0 bridgehead atoms. The number of aromatic nitrogens is 2. The molecule has 4 rings (SSSR count). The second kappa shape index (κ2) is 6.94. The number of fused-ring (bicyclic) bond motifs is 1. The molecule has 1 heterocycles. The summed E-state index contributed by atoms with van der Waals surface area (Å²) in [7, 11) is 0. The fourth-order valence-electron chi connectivity index (χ4n) is 3.70. The first-order chi connectivity index (χ1) is 13.2. The SMILES string of the molecule is Cc1c(Cl)cccc1Nc1nn(-c2ccc(Cl)cc2)c2c1C(=O)CC(C)(C)C2. The van der Waals surface area contributed by atoms with Crippen LogP contribution in [-0.2, 0) is 6.42 Å². The number of benzene rings is 2. The van der Waals surface area contributed by atoms with Gasteiger partial charge in [-0.15, -0.1) is 5.10 Å². The number of hydrogen-bond donors (Lipinski definition) is 1. The Labute approximate surface area is 174 Å². The molecule has 1 aliphatic carbocycles. The van der Waals surface area contributed by atoms with E-state index < -0.39 is 0 Å². The zero-order valence-electron chi connectivity index (χ0n) is 16.0. The summed E-state index contributed by atoms with van der Waals surface area (Å²) in [5.74, 6) is 0.671. The summed E-state index contributed by atoms with van der Waals surface area (Å²) in [5.41, 5.74) is 4.11. The number of carbonyl (C=O) groups excluding carboxylic acids is 1. The van der Waals surface area contributed by atoms with Crippen LogP contribution >= 0.6 is 23.2 Å². The van der Waals surface area contributed by atoms with Crippen LogP contribution in [0.1, 0.15) is 41.9 Å². The van der Waals surface area contributed by atoms with E-state index in [2.05, 4.69) is 19.2 Å². The molecule has 0 fully saturated rings. The number of rotatable bonds is 3. The van der Waals surface area contributed by atoms with Gasteiger partial charge in [0.25, 0.3) is 0 Å². The van der Waals surface area contributed by atoms with Crippen molar-refractivity contribution in [3.63, 3.8) is 0 Å². The largest absolute Gasteiger partial charge is 0.338 e. The van der Waals surface area contributed by atoms with Crippen LogP contribution in [0.25, 0.3) is 5.69 Å². The van der Waals surface area contributed by atoms with Crippen LogP contribution < -0.4 is 5.32 Å². The molecule has 0 spiro atoms. The van der Waals surface area contributed by atoms with Crippen LogP contribution in [0, 0.1) is 12.3 Å². The van der Waals surface area contributed by atoms with Crippen LogP contribution in [0.15, 0.2) is 42.5 Å². The molecule has 1 N–H and O–H groups in total. The summed E-state index contributed by atoms with van der Waals surface area (Å²) >= 11 is 12.3. The fraction of sp³-hybridized carbons (Fsp3) is 0.273. The summed E-state index contributed by atoms with van der Waals surface area (Å²) in [5, 5.41) is 9.44. The minimum absolute atomic E-state index is 0.105. The number of hydrogen-bond acceptors (Lipinski definition) is 3. The number of nitrogens with one attached hydrogen (secondary N) is 1. The molecule has 0 amide bonds. The van der Waals surface area contributed by atoms with Gasteiger partial charge in [0.15, 0.2) is 11.6 Å². The highest BCUT2D eigenvalue weighted by Crippen LogP contribution is 2.40. The number of halogens is 2. The van der Waals surface area contributed by atoms with Crippen molar-refractivity contribution in [1.82, 2.24) is 9.78 Å². The first-order valence-corrected chi connectivity index (χ1v) is 9.94. The van der Waals surface area contributed by atoms with Crippen molar-refractivity contribution in [2.75, 3.05) is 5.32 Å². The molecular weight excluding hydrogens is 393 g/mol. The highest BCUT2D eigenvalue weighted by atomic mass is 35.5. The molecule has 0 saturated heterocycles. The first kappa shape index (κ1) is 19.0. The molecule has 1 aliphatic rings. The van der Waals surface area contributed by atoms with Crippen molar-refractivity contribution in [2.24, 2.45) is 5.41 Å². The van der Waals surface area contributed by atoms with Crippen molar-refractivity contribution in [2.45, 2.75) is 33.6 Å². The third kappa shape index (κ3) is 3.43. The van der Waals surface area contributed by atoms with Crippen molar-refractivity contribution in [1.29, 1.82) is 0 Å². The number of ketones is 1. The van der Waals surface area contributed by atoms with Crippen molar-refractivity contribution in [3.05, 3.63) is 69.3 Å². The van der Waals surface area contributed by atoms with Crippen LogP contribution in [0.3, 0.4) is 0 Å². The van der Waals surface area contributed by atoms with Gasteiger partial charge < -0.3 is 5.32 Å². The number of Topliss-reactive ketones (excluding diaryl/α,β-unsaturated/α-hetero) is 1. The monoisotopic (exact) mass is 413 g/mol. The number of carbonyl (C=O) groups is 1. The van der Waals surface area contributed by atoms with Gasteiger partial charge in [-0.2, -0.15) is 0 Å². The maximum atomic E-state index is 13.0. The Morgan fingerprint density at radius 2 is 1.79 bits per heavy atom. The zero-order valence-corrected chi connectivity index (χ0v) is 17.5. The lowest BCUT2D eigenvalue weighted by atomic mass is 9.76. The second-order valence-electron chi connectivity index (χ2n) is 8.04. The molecule has 1 aromatic heterocycles. The normalized spacial score (nSPS) is 15.4. The summed E-state index contributed by atoms with van der Waals surface area (Å²) < 4.78 is 1.85. The van der Waals surface area contributed by atoms with Crippen LogP contribution in [0.4, 0.5) is 11.5 Å². The smallest absolute Gasteiger partial charge is 0.169 e. The highest BCUT2D eigenvalue weighted by molar-refractivity contribution is 6.31. The standard InChI is InChI=1S/C22H21Cl2N3O/c1-13-16(24)5-4-6-17(13)25-21-20-18(11-22(2,3)12-19(20)28)27(26-21)15-9-7-14(23)8-10-15/h4-10H,11-12H2,1-3H3,(H,25,26). The van der Waals surface area contributed by atoms with E-state index in [4.69, 9.17) is 28.3 Å². The van der Waals surface area contributed by atoms with Crippen molar-refractivity contribution >= 4 is 40.5 Å². The van der Waals surface area contributed by atoms with E-state index in [0.29, 0.717) is 27.8 Å². The molecule has 0 unspecified atom stereocenters. The zero-order chi connectivity index (χ0) is 20.1. The quantitative estimate of drug-likeness (QED) is 0.541. The molecule has 0 aliphatic heterocycles. The maximum Gasteiger partial charge on any atom is 0.169 e. The van der Waals surface area contributed by atoms with E-state index in [1.54, 1.807) is 0 Å². The highest BCUT2D eigenvalue weighted by Gasteiger charge is 2.37. The Balaban J connectivity index is 1.87. The minimum Gasteiger partial charge on any atom is -0.338 e. The maximum absolute atomic E-state index is 13.0. The lowest BCUT2D eigenvalue weighted by Gasteiger charge is -2.29. The van der Waals surface area contributed by atoms with Crippen LogP contribution in [0.5, 0.6) is 0 Å². The average molecular weight is 414 g/mol. The van der Waals surface area contributed by atoms with Crippen LogP contribution in [0.2, 0.25) is 10.0 Å². The summed E-state index contributed by atoms with van der Waals surface area (Å²) in [6, 6.07) is 13.1. The van der Waals surface area contributed by atoms with Gasteiger partial charge in [0, 0.05) is 22.2 Å². The first-order valence-electron chi connectivity index (χ1n) is 9.18. The lowest BCUT2D eigenvalue weighted by Crippen LogP contribution is -2.28. The van der Waals surface area contributed by atoms with E-state index in [1.165, 1.54) is 0 Å². The third-order valence-electron chi connectivity index (χ3n) is 5.14. The van der Waals surface area contributed by atoms with Gasteiger partial charge in [-0.25, -0.2) is 4.68 Å². The molecule has 0 saturated carbocycles. The molecule has 3 aromatic rings. The minimum atomic E-state index is -0.114. The average Bonchev–Trinajstić information content (AvgIpc) is 2.97. The summed E-state index contributed by atoms with van der Waals surface area (Å²) in [6.45, 7) is 6.17. The van der Waals surface area contributed by atoms with Crippen molar-refractivity contribution in [3.8, 4) is 5.69 Å². The van der Waals surface area contributed by atoms with Gasteiger partial charge in [0.2, 0.25) is 0 Å². The van der Waals surface area contributed by atoms with Gasteiger partial charge in [-0.05, 0) is 60.7 Å². The van der Waals surface area contributed by atoms with Gasteiger partial charge in [-0.1, -0.05) is 43.1 Å². The van der Waals surface area contributed by atoms with Gasteiger partial charge in [0.1, 0.15) is 0 Å². The Morgan fingerprint density at radius 3 is 2.50 bits per heavy atom. The Kier molecular flexibility index (Phi) is 4.72. The fourth-order valence-corrected chi connectivity index (χ4v) is 4.00. The number of nitrogens with zero attached hydrogens (tertiary/aromatic N) is 2. The molecule has 0 radical (unpaired) electrons. The topological polar surface area (TPSA) is 46.9 Å². The van der Waals surface area contributed by atoms with E-state index in [0.717, 1.165) is 29.1 Å². The van der Waals surface area contributed by atoms with Gasteiger partial charge in [-0.3, -0.25) is 4.79 Å². The summed E-state index contributed by atoms with van der Waals surface area (Å²) in [6.07, 6.45) is 1.26. The lowest BCUT2D eigenvalue weighted by molar-refractivity contribution is 0.0912.